The van der Waals surface area contributed by atoms with Crippen molar-refractivity contribution in [3.8, 4) is 11.3 Å². The molecule has 8 nitrogen and oxygen atoms in total. The van der Waals surface area contributed by atoms with Crippen LogP contribution in [0.25, 0.3) is 11.3 Å². The highest BCUT2D eigenvalue weighted by Gasteiger charge is 2.24. The van der Waals surface area contributed by atoms with Crippen molar-refractivity contribution in [1.29, 1.82) is 0 Å². The van der Waals surface area contributed by atoms with Crippen LogP contribution < -0.4 is 14.9 Å². The number of aryl methyl sites for hydroxylation is 1. The molecule has 164 valence electrons. The maximum absolute atomic E-state index is 14.6. The molecule has 3 aromatic rings. The number of sulfonamides is 1. The molecular weight excluding hydrogens is 421 g/mol. The van der Waals surface area contributed by atoms with E-state index in [-0.39, 0.29) is 28.4 Å². The van der Waals surface area contributed by atoms with Gasteiger partial charge in [0.15, 0.2) is 0 Å². The van der Waals surface area contributed by atoms with Gasteiger partial charge in [0.1, 0.15) is 23.2 Å². The van der Waals surface area contributed by atoms with E-state index in [1.54, 1.807) is 19.1 Å². The lowest BCUT2D eigenvalue weighted by molar-refractivity contribution is 0.403. The Morgan fingerprint density at radius 1 is 1.16 bits per heavy atom. The van der Waals surface area contributed by atoms with Gasteiger partial charge in [-0.1, -0.05) is 0 Å². The predicted octanol–water partition coefficient (Wildman–Crippen LogP) is 3.17. The highest BCUT2D eigenvalue weighted by molar-refractivity contribution is 7.92. The zero-order valence-corrected chi connectivity index (χ0v) is 18.3. The van der Waals surface area contributed by atoms with Crippen molar-refractivity contribution in [2.75, 3.05) is 22.7 Å². The molecule has 1 aliphatic heterocycles. The minimum atomic E-state index is -4.04. The Balaban J connectivity index is 1.56. The second-order valence-corrected chi connectivity index (χ2v) is 9.46. The lowest BCUT2D eigenvalue weighted by atomic mass is 10.1. The molecule has 31 heavy (non-hydrogen) atoms. The summed E-state index contributed by atoms with van der Waals surface area (Å²) < 4.78 is 48.1. The van der Waals surface area contributed by atoms with E-state index < -0.39 is 15.8 Å². The standard InChI is InChI=1S/C21H24FN5O3S/c1-13-11-27(12-14(2)24-13)21-23-9-8-20(25-21)26-31(28,29)16-5-6-17(18(22)10-16)19-7-4-15(3)30-19/h4-10,13-14,24H,11-12H2,1-3H3,(H,23,25,26). The fraction of sp³-hybridized carbons (Fsp3) is 0.333. The topological polar surface area (TPSA) is 100 Å². The number of hydrogen-bond acceptors (Lipinski definition) is 7. The van der Waals surface area contributed by atoms with Crippen LogP contribution in [0.3, 0.4) is 0 Å². The van der Waals surface area contributed by atoms with E-state index >= 15 is 0 Å². The molecule has 2 N–H and O–H groups in total. The molecule has 1 aromatic carbocycles. The van der Waals surface area contributed by atoms with Crippen LogP contribution in [0.4, 0.5) is 16.2 Å². The molecule has 0 radical (unpaired) electrons. The summed E-state index contributed by atoms with van der Waals surface area (Å²) in [5, 5.41) is 3.43. The third-order valence-electron chi connectivity index (χ3n) is 4.98. The minimum Gasteiger partial charge on any atom is -0.461 e. The van der Waals surface area contributed by atoms with Gasteiger partial charge in [0.2, 0.25) is 5.95 Å². The lowest BCUT2D eigenvalue weighted by Crippen LogP contribution is -2.54. The van der Waals surface area contributed by atoms with E-state index in [2.05, 4.69) is 33.9 Å². The van der Waals surface area contributed by atoms with Crippen LogP contribution in [-0.2, 0) is 10.0 Å². The van der Waals surface area contributed by atoms with Crippen molar-refractivity contribution < 1.29 is 17.2 Å². The first-order valence-electron chi connectivity index (χ1n) is 9.94. The number of anilines is 2. The number of piperazine rings is 1. The molecule has 0 saturated carbocycles. The summed E-state index contributed by atoms with van der Waals surface area (Å²) in [7, 11) is -4.04. The molecule has 3 heterocycles. The second kappa shape index (κ2) is 8.27. The number of hydrogen-bond donors (Lipinski definition) is 2. The summed E-state index contributed by atoms with van der Waals surface area (Å²) in [4.78, 5) is 10.4. The number of rotatable bonds is 5. The highest BCUT2D eigenvalue weighted by Crippen LogP contribution is 2.27. The van der Waals surface area contributed by atoms with Crippen LogP contribution in [0.5, 0.6) is 0 Å². The van der Waals surface area contributed by atoms with E-state index in [1.807, 2.05) is 4.90 Å². The summed E-state index contributed by atoms with van der Waals surface area (Å²) in [6, 6.07) is 9.02. The Kier molecular flexibility index (Phi) is 5.67. The molecule has 2 atom stereocenters. The maximum atomic E-state index is 14.6. The van der Waals surface area contributed by atoms with Gasteiger partial charge in [0.05, 0.1) is 10.5 Å². The molecule has 0 spiro atoms. The Labute approximate surface area is 180 Å². The van der Waals surface area contributed by atoms with Crippen molar-refractivity contribution >= 4 is 21.8 Å². The number of halogens is 1. The third-order valence-corrected chi connectivity index (χ3v) is 6.33. The summed E-state index contributed by atoms with van der Waals surface area (Å²) >= 11 is 0. The smallest absolute Gasteiger partial charge is 0.263 e. The summed E-state index contributed by atoms with van der Waals surface area (Å²) in [5.41, 5.74) is 0.193. The fourth-order valence-electron chi connectivity index (χ4n) is 3.69. The minimum absolute atomic E-state index is 0.120. The van der Waals surface area contributed by atoms with Crippen molar-refractivity contribution in [3.63, 3.8) is 0 Å². The molecule has 0 aliphatic carbocycles. The Hall–Kier alpha value is -2.98. The van der Waals surface area contributed by atoms with Crippen LogP contribution >= 0.6 is 0 Å². The Bertz CT molecular complexity index is 1190. The average molecular weight is 446 g/mol. The van der Waals surface area contributed by atoms with E-state index in [0.717, 1.165) is 6.07 Å². The molecule has 4 rings (SSSR count). The van der Waals surface area contributed by atoms with Gasteiger partial charge < -0.3 is 14.6 Å². The van der Waals surface area contributed by atoms with Crippen LogP contribution in [0.1, 0.15) is 19.6 Å². The van der Waals surface area contributed by atoms with E-state index in [0.29, 0.717) is 30.6 Å². The van der Waals surface area contributed by atoms with Gasteiger partial charge >= 0.3 is 0 Å². The number of aromatic nitrogens is 2. The van der Waals surface area contributed by atoms with Crippen molar-refractivity contribution in [3.05, 3.63) is 54.2 Å². The average Bonchev–Trinajstić information content (AvgIpc) is 3.13. The van der Waals surface area contributed by atoms with E-state index in [4.69, 9.17) is 4.42 Å². The highest BCUT2D eigenvalue weighted by atomic mass is 32.2. The zero-order chi connectivity index (χ0) is 22.2. The van der Waals surface area contributed by atoms with Gasteiger partial charge in [-0.05, 0) is 57.2 Å². The summed E-state index contributed by atoms with van der Waals surface area (Å²) in [5.74, 6) is 0.849. The Morgan fingerprint density at radius 2 is 1.90 bits per heavy atom. The van der Waals surface area contributed by atoms with Gasteiger partial charge in [-0.15, -0.1) is 0 Å². The normalized spacial score (nSPS) is 19.4. The lowest BCUT2D eigenvalue weighted by Gasteiger charge is -2.36. The van der Waals surface area contributed by atoms with Crippen molar-refractivity contribution in [2.45, 2.75) is 37.8 Å². The quantitative estimate of drug-likeness (QED) is 0.622. The van der Waals surface area contributed by atoms with Gasteiger partial charge in [-0.25, -0.2) is 17.8 Å². The number of benzene rings is 1. The summed E-state index contributed by atoms with van der Waals surface area (Å²) in [6.07, 6.45) is 1.50. The largest absolute Gasteiger partial charge is 0.461 e. The number of nitrogens with zero attached hydrogens (tertiary/aromatic N) is 3. The van der Waals surface area contributed by atoms with Crippen LogP contribution in [0.2, 0.25) is 0 Å². The van der Waals surface area contributed by atoms with Crippen molar-refractivity contribution in [1.82, 2.24) is 15.3 Å². The SMILES string of the molecule is Cc1ccc(-c2ccc(S(=O)(=O)Nc3ccnc(N4CC(C)NC(C)C4)n3)cc2F)o1. The van der Waals surface area contributed by atoms with Crippen LogP contribution in [-0.4, -0.2) is 43.6 Å². The second-order valence-electron chi connectivity index (χ2n) is 7.77. The summed E-state index contributed by atoms with van der Waals surface area (Å²) in [6.45, 7) is 7.30. The monoisotopic (exact) mass is 445 g/mol. The van der Waals surface area contributed by atoms with Gasteiger partial charge in [-0.3, -0.25) is 4.72 Å². The third kappa shape index (κ3) is 4.70. The fourth-order valence-corrected chi connectivity index (χ4v) is 4.70. The van der Waals surface area contributed by atoms with Crippen LogP contribution in [0, 0.1) is 12.7 Å². The predicted molar refractivity (Wildman–Crippen MR) is 116 cm³/mol. The molecule has 2 aromatic heterocycles. The molecular formula is C21H24FN5O3S. The van der Waals surface area contributed by atoms with Gasteiger partial charge in [0.25, 0.3) is 10.0 Å². The number of furan rings is 1. The van der Waals surface area contributed by atoms with E-state index in [9.17, 15) is 12.8 Å². The van der Waals surface area contributed by atoms with Crippen molar-refractivity contribution in [2.24, 2.45) is 0 Å². The first kappa shape index (κ1) is 21.3. The Morgan fingerprint density at radius 3 is 2.55 bits per heavy atom. The van der Waals surface area contributed by atoms with Crippen LogP contribution in [0.15, 0.2) is 51.9 Å². The van der Waals surface area contributed by atoms with Gasteiger partial charge in [0, 0.05) is 31.4 Å². The first-order valence-corrected chi connectivity index (χ1v) is 11.4. The van der Waals surface area contributed by atoms with Gasteiger partial charge in [-0.2, -0.15) is 4.98 Å². The maximum Gasteiger partial charge on any atom is 0.263 e. The molecule has 1 aliphatic rings. The molecule has 0 amide bonds. The molecule has 1 saturated heterocycles. The van der Waals surface area contributed by atoms with E-state index in [1.165, 1.54) is 24.4 Å². The number of nitrogens with one attached hydrogen (secondary N) is 2. The molecule has 0 bridgehead atoms. The molecule has 10 heteroatoms. The molecule has 1 fully saturated rings. The first-order chi connectivity index (χ1) is 14.7. The molecule has 2 unspecified atom stereocenters. The zero-order valence-electron chi connectivity index (χ0n) is 17.5.